The third-order valence-electron chi connectivity index (χ3n) is 4.87. The van der Waals surface area contributed by atoms with E-state index in [4.69, 9.17) is 11.6 Å². The van der Waals surface area contributed by atoms with Crippen molar-refractivity contribution in [3.05, 3.63) is 32.1 Å². The molecule has 2 N–H and O–H groups in total. The number of nitrogens with one attached hydrogen (secondary N) is 2. The first-order valence-electron chi connectivity index (χ1n) is 8.20. The smallest absolute Gasteiger partial charge is 0.359 e. The summed E-state index contributed by atoms with van der Waals surface area (Å²) in [6.07, 6.45) is -0.749. The van der Waals surface area contributed by atoms with E-state index in [0.29, 0.717) is 40.8 Å². The summed E-state index contributed by atoms with van der Waals surface area (Å²) in [7, 11) is 1.64. The number of nitrogens with zero attached hydrogens (tertiary/aromatic N) is 1. The number of allylic oxidation sites excluding steroid dienone is 1. The van der Waals surface area contributed by atoms with Crippen molar-refractivity contribution in [2.45, 2.75) is 49.4 Å². The Labute approximate surface area is 152 Å². The Bertz CT molecular complexity index is 726. The molecule has 138 valence electrons. The molecule has 25 heavy (non-hydrogen) atoms. The van der Waals surface area contributed by atoms with Crippen LogP contribution < -0.4 is 10.9 Å². The van der Waals surface area contributed by atoms with E-state index in [1.165, 1.54) is 11.8 Å². The van der Waals surface area contributed by atoms with Gasteiger partial charge in [-0.2, -0.15) is 13.2 Å². The molecule has 2 aliphatic rings. The predicted molar refractivity (Wildman–Crippen MR) is 94.0 cm³/mol. The third-order valence-corrected chi connectivity index (χ3v) is 6.39. The number of aromatic amines is 1. The number of aromatic nitrogens is 2. The second-order valence-electron chi connectivity index (χ2n) is 6.40. The maximum Gasteiger partial charge on any atom is 0.391 e. The molecule has 9 heteroatoms. The molecule has 0 bridgehead atoms. The van der Waals surface area contributed by atoms with Crippen LogP contribution in [0.4, 0.5) is 19.1 Å². The van der Waals surface area contributed by atoms with Gasteiger partial charge in [0.1, 0.15) is 0 Å². The molecule has 0 spiro atoms. The topological polar surface area (TPSA) is 57.8 Å². The first kappa shape index (κ1) is 18.6. The van der Waals surface area contributed by atoms with Crippen molar-refractivity contribution in [2.24, 2.45) is 5.92 Å². The van der Waals surface area contributed by atoms with Crippen LogP contribution in [-0.4, -0.2) is 23.2 Å². The fraction of sp³-hybridized carbons (Fsp3) is 0.625. The molecule has 1 saturated carbocycles. The fourth-order valence-electron chi connectivity index (χ4n) is 3.54. The van der Waals surface area contributed by atoms with E-state index in [1.54, 1.807) is 7.05 Å². The van der Waals surface area contributed by atoms with Crippen LogP contribution in [0.15, 0.2) is 15.2 Å². The molecular weight excluding hydrogens is 375 g/mol. The molecule has 0 aromatic carbocycles. The van der Waals surface area contributed by atoms with E-state index in [-0.39, 0.29) is 29.6 Å². The Morgan fingerprint density at radius 3 is 2.52 bits per heavy atom. The highest BCUT2D eigenvalue weighted by Crippen LogP contribution is 2.48. The number of alkyl halides is 3. The molecule has 1 aromatic rings. The highest BCUT2D eigenvalue weighted by atomic mass is 35.5. The lowest BCUT2D eigenvalue weighted by Crippen LogP contribution is -2.29. The summed E-state index contributed by atoms with van der Waals surface area (Å²) in [4.78, 5) is 19.8. The SMILES string of the molecule is CNc1nc([C@H]2CC[C@@H](C(F)(F)F)CC2)c(C2CC=C(Cl)S2)c(=O)[nH]1. The predicted octanol–water partition coefficient (Wildman–Crippen LogP) is 4.91. The lowest BCUT2D eigenvalue weighted by Gasteiger charge is -2.31. The largest absolute Gasteiger partial charge is 0.391 e. The van der Waals surface area contributed by atoms with E-state index < -0.39 is 12.1 Å². The fourth-order valence-corrected chi connectivity index (χ4v) is 4.96. The molecule has 2 heterocycles. The van der Waals surface area contributed by atoms with Gasteiger partial charge in [-0.15, -0.1) is 11.8 Å². The zero-order valence-electron chi connectivity index (χ0n) is 13.6. The maximum absolute atomic E-state index is 12.9. The second-order valence-corrected chi connectivity index (χ2v) is 8.28. The third kappa shape index (κ3) is 4.00. The summed E-state index contributed by atoms with van der Waals surface area (Å²) < 4.78 is 39.4. The van der Waals surface area contributed by atoms with E-state index >= 15 is 0 Å². The highest BCUT2D eigenvalue weighted by molar-refractivity contribution is 8.05. The van der Waals surface area contributed by atoms with Gasteiger partial charge < -0.3 is 5.32 Å². The van der Waals surface area contributed by atoms with Crippen molar-refractivity contribution >= 4 is 29.3 Å². The monoisotopic (exact) mass is 393 g/mol. The minimum absolute atomic E-state index is 0.0772. The summed E-state index contributed by atoms with van der Waals surface area (Å²) in [6.45, 7) is 0. The molecule has 1 aliphatic heterocycles. The van der Waals surface area contributed by atoms with Gasteiger partial charge in [0.2, 0.25) is 5.95 Å². The Kier molecular flexibility index (Phi) is 5.39. The van der Waals surface area contributed by atoms with Crippen LogP contribution in [0.2, 0.25) is 0 Å². The first-order valence-corrected chi connectivity index (χ1v) is 9.46. The normalized spacial score (nSPS) is 27.2. The van der Waals surface area contributed by atoms with Crippen molar-refractivity contribution in [1.82, 2.24) is 9.97 Å². The van der Waals surface area contributed by atoms with Gasteiger partial charge in [0, 0.05) is 18.2 Å². The van der Waals surface area contributed by atoms with Crippen LogP contribution in [0, 0.1) is 5.92 Å². The van der Waals surface area contributed by atoms with E-state index in [1.807, 2.05) is 6.08 Å². The van der Waals surface area contributed by atoms with Gasteiger partial charge >= 0.3 is 6.18 Å². The molecule has 0 saturated heterocycles. The van der Waals surface area contributed by atoms with Gasteiger partial charge in [-0.25, -0.2) is 4.98 Å². The Hall–Kier alpha value is -1.15. The summed E-state index contributed by atoms with van der Waals surface area (Å²) in [5.74, 6) is -1.05. The molecule has 1 fully saturated rings. The molecule has 3 rings (SSSR count). The van der Waals surface area contributed by atoms with Gasteiger partial charge in [-0.05, 0) is 32.1 Å². The molecular formula is C16H19ClF3N3OS. The summed E-state index contributed by atoms with van der Waals surface area (Å²) >= 11 is 7.42. The minimum Gasteiger partial charge on any atom is -0.359 e. The van der Waals surface area contributed by atoms with Crippen LogP contribution in [0.5, 0.6) is 0 Å². The second kappa shape index (κ2) is 7.23. The van der Waals surface area contributed by atoms with Crippen LogP contribution in [0.25, 0.3) is 0 Å². The summed E-state index contributed by atoms with van der Waals surface area (Å²) in [5.41, 5.74) is 0.918. The van der Waals surface area contributed by atoms with Gasteiger partial charge in [0.25, 0.3) is 5.56 Å². The van der Waals surface area contributed by atoms with Crippen molar-refractivity contribution in [3.8, 4) is 0 Å². The van der Waals surface area contributed by atoms with Gasteiger partial charge in [0.15, 0.2) is 0 Å². The number of thioether (sulfide) groups is 1. The Balaban J connectivity index is 1.90. The number of anilines is 1. The number of hydrogen-bond acceptors (Lipinski definition) is 4. The van der Waals surface area contributed by atoms with Crippen LogP contribution >= 0.6 is 23.4 Å². The van der Waals surface area contributed by atoms with E-state index in [9.17, 15) is 18.0 Å². The average Bonchev–Trinajstić information content (AvgIpc) is 2.99. The molecule has 0 amide bonds. The zero-order valence-corrected chi connectivity index (χ0v) is 15.2. The standard InChI is InChI=1S/C16H19ClF3N3OS/c1-21-15-22-13(8-2-4-9(5-3-8)16(18,19)20)12(14(24)23-15)10-6-7-11(17)25-10/h7-10H,2-6H2,1H3,(H2,21,22,23,24)/t8-,9+,10?. The number of halogens is 4. The lowest BCUT2D eigenvalue weighted by atomic mass is 9.79. The molecule has 1 atom stereocenters. The molecule has 0 radical (unpaired) electrons. The maximum atomic E-state index is 12.9. The van der Waals surface area contributed by atoms with Crippen LogP contribution in [0.3, 0.4) is 0 Å². The number of H-pyrrole nitrogens is 1. The zero-order chi connectivity index (χ0) is 18.2. The van der Waals surface area contributed by atoms with Gasteiger partial charge in [0.05, 0.1) is 21.5 Å². The van der Waals surface area contributed by atoms with E-state index in [0.717, 1.165) is 0 Å². The van der Waals surface area contributed by atoms with Crippen LogP contribution in [-0.2, 0) is 0 Å². The molecule has 1 aliphatic carbocycles. The van der Waals surface area contributed by atoms with Crippen LogP contribution in [0.1, 0.15) is 54.5 Å². The van der Waals surface area contributed by atoms with Crippen molar-refractivity contribution in [1.29, 1.82) is 0 Å². The molecule has 1 aromatic heterocycles. The molecule has 4 nitrogen and oxygen atoms in total. The van der Waals surface area contributed by atoms with E-state index in [2.05, 4.69) is 15.3 Å². The number of hydrogen-bond donors (Lipinski definition) is 2. The molecule has 1 unspecified atom stereocenters. The van der Waals surface area contributed by atoms with Crippen molar-refractivity contribution in [2.75, 3.05) is 12.4 Å². The summed E-state index contributed by atoms with van der Waals surface area (Å²) in [6, 6.07) is 0. The average molecular weight is 394 g/mol. The Morgan fingerprint density at radius 2 is 2.00 bits per heavy atom. The minimum atomic E-state index is -4.15. The summed E-state index contributed by atoms with van der Waals surface area (Å²) in [5, 5.41) is 2.68. The van der Waals surface area contributed by atoms with Crippen molar-refractivity contribution < 1.29 is 13.2 Å². The lowest BCUT2D eigenvalue weighted by molar-refractivity contribution is -0.182. The highest BCUT2D eigenvalue weighted by Gasteiger charge is 2.42. The Morgan fingerprint density at radius 1 is 1.32 bits per heavy atom. The number of rotatable bonds is 3. The van der Waals surface area contributed by atoms with Crippen molar-refractivity contribution in [3.63, 3.8) is 0 Å². The quantitative estimate of drug-likeness (QED) is 0.766. The first-order chi connectivity index (χ1) is 11.8. The van der Waals surface area contributed by atoms with Gasteiger partial charge in [-0.3, -0.25) is 9.78 Å². The van der Waals surface area contributed by atoms with Gasteiger partial charge in [-0.1, -0.05) is 17.7 Å².